The highest BCUT2D eigenvalue weighted by atomic mass is 35.5. The number of anilines is 1. The zero-order valence-corrected chi connectivity index (χ0v) is 14.1. The first-order chi connectivity index (χ1) is 11.5. The Morgan fingerprint density at radius 3 is 2.58 bits per heavy atom. The number of benzene rings is 2. The molecule has 1 aliphatic heterocycles. The van der Waals surface area contributed by atoms with Crippen molar-refractivity contribution in [2.24, 2.45) is 5.10 Å². The number of halogens is 1. The molecule has 122 valence electrons. The molecule has 1 heterocycles. The lowest BCUT2D eigenvalue weighted by Gasteiger charge is -2.17. The first-order valence-electron chi connectivity index (χ1n) is 7.44. The van der Waals surface area contributed by atoms with Crippen LogP contribution < -0.4 is 11.1 Å². The summed E-state index contributed by atoms with van der Waals surface area (Å²) in [7, 11) is 1.57. The van der Waals surface area contributed by atoms with Gasteiger partial charge in [0.15, 0.2) is 0 Å². The molecule has 0 aromatic heterocycles. The topological polar surface area (TPSA) is 70.7 Å². The van der Waals surface area contributed by atoms with Crippen LogP contribution in [-0.4, -0.2) is 23.8 Å². The van der Waals surface area contributed by atoms with E-state index in [1.54, 1.807) is 19.2 Å². The van der Waals surface area contributed by atoms with Crippen LogP contribution in [0.25, 0.3) is 6.08 Å². The Hall–Kier alpha value is -2.79. The molecular formula is C18H17ClN4O. The lowest BCUT2D eigenvalue weighted by Crippen LogP contribution is -2.33. The monoisotopic (exact) mass is 340 g/mol. The number of hydrogen-bond donors (Lipinski definition) is 2. The molecule has 2 aromatic carbocycles. The third-order valence-corrected chi connectivity index (χ3v) is 3.99. The zero-order valence-electron chi connectivity index (χ0n) is 13.4. The molecule has 2 aromatic rings. The number of carbonyl (C=O) groups excluding carboxylic acids is 1. The summed E-state index contributed by atoms with van der Waals surface area (Å²) in [5.41, 5.74) is 10.5. The maximum atomic E-state index is 12.2. The van der Waals surface area contributed by atoms with Crippen molar-refractivity contribution in [1.29, 1.82) is 0 Å². The Kier molecular flexibility index (Phi) is 4.27. The number of nitrogens with two attached hydrogens (primary N) is 1. The molecule has 0 fully saturated rings. The van der Waals surface area contributed by atoms with Crippen molar-refractivity contribution >= 4 is 35.1 Å². The second-order valence-corrected chi connectivity index (χ2v) is 5.89. The summed E-state index contributed by atoms with van der Waals surface area (Å²) < 4.78 is 0. The van der Waals surface area contributed by atoms with Crippen LogP contribution in [0.4, 0.5) is 10.5 Å². The quantitative estimate of drug-likeness (QED) is 0.777. The summed E-state index contributed by atoms with van der Waals surface area (Å²) in [6, 6.07) is 12.6. The van der Waals surface area contributed by atoms with Gasteiger partial charge in [-0.15, -0.1) is 0 Å². The van der Waals surface area contributed by atoms with Crippen LogP contribution >= 0.6 is 11.6 Å². The molecule has 0 unspecified atom stereocenters. The van der Waals surface area contributed by atoms with E-state index < -0.39 is 0 Å². The molecule has 3 rings (SSSR count). The SMILES string of the molecule is CNC(=O)N1N=C(c2ccc(N)cc2)c2cc(Cl)ccc2C=C1C. The van der Waals surface area contributed by atoms with E-state index in [4.69, 9.17) is 17.3 Å². The summed E-state index contributed by atoms with van der Waals surface area (Å²) in [4.78, 5) is 12.2. The van der Waals surface area contributed by atoms with E-state index in [0.29, 0.717) is 22.1 Å². The van der Waals surface area contributed by atoms with Gasteiger partial charge in [-0.3, -0.25) is 0 Å². The zero-order chi connectivity index (χ0) is 17.3. The molecule has 0 aliphatic carbocycles. The van der Waals surface area contributed by atoms with E-state index in [2.05, 4.69) is 10.4 Å². The van der Waals surface area contributed by atoms with Gasteiger partial charge in [-0.2, -0.15) is 10.1 Å². The Balaban J connectivity index is 2.24. The van der Waals surface area contributed by atoms with Crippen LogP contribution in [0.3, 0.4) is 0 Å². The minimum atomic E-state index is -0.310. The highest BCUT2D eigenvalue weighted by Crippen LogP contribution is 2.27. The normalized spacial score (nSPS) is 13.5. The smallest absolute Gasteiger partial charge is 0.342 e. The number of nitrogen functional groups attached to an aromatic ring is 1. The van der Waals surface area contributed by atoms with Crippen molar-refractivity contribution in [2.45, 2.75) is 6.92 Å². The predicted molar refractivity (Wildman–Crippen MR) is 97.9 cm³/mol. The Morgan fingerprint density at radius 1 is 1.21 bits per heavy atom. The van der Waals surface area contributed by atoms with Crippen molar-refractivity contribution in [3.63, 3.8) is 0 Å². The average molecular weight is 341 g/mol. The molecule has 2 amide bonds. The van der Waals surface area contributed by atoms with Crippen molar-refractivity contribution in [2.75, 3.05) is 12.8 Å². The lowest BCUT2D eigenvalue weighted by atomic mass is 9.97. The Labute approximate surface area is 145 Å². The van der Waals surface area contributed by atoms with Crippen molar-refractivity contribution in [3.05, 3.63) is 69.9 Å². The fraction of sp³-hybridized carbons (Fsp3) is 0.111. The minimum absolute atomic E-state index is 0.310. The van der Waals surface area contributed by atoms with Gasteiger partial charge in [0.1, 0.15) is 0 Å². The van der Waals surface area contributed by atoms with Gasteiger partial charge in [-0.1, -0.05) is 29.8 Å². The number of fused-ring (bicyclic) bond motifs is 1. The largest absolute Gasteiger partial charge is 0.399 e. The second kappa shape index (κ2) is 6.37. The fourth-order valence-corrected chi connectivity index (χ4v) is 2.72. The maximum Gasteiger partial charge on any atom is 0.342 e. The molecule has 0 atom stereocenters. The molecule has 3 N–H and O–H groups in total. The van der Waals surface area contributed by atoms with E-state index in [1.807, 2.05) is 43.3 Å². The number of hydrogen-bond acceptors (Lipinski definition) is 3. The van der Waals surface area contributed by atoms with Gasteiger partial charge < -0.3 is 11.1 Å². The number of nitrogens with one attached hydrogen (secondary N) is 1. The van der Waals surface area contributed by atoms with Crippen LogP contribution in [0.5, 0.6) is 0 Å². The number of carbonyl (C=O) groups is 1. The molecule has 0 spiro atoms. The van der Waals surface area contributed by atoms with Gasteiger partial charge in [0, 0.05) is 34.6 Å². The molecule has 24 heavy (non-hydrogen) atoms. The minimum Gasteiger partial charge on any atom is -0.399 e. The number of allylic oxidation sites excluding steroid dienone is 1. The van der Waals surface area contributed by atoms with Crippen molar-refractivity contribution in [1.82, 2.24) is 10.3 Å². The van der Waals surface area contributed by atoms with Gasteiger partial charge in [0.2, 0.25) is 0 Å². The average Bonchev–Trinajstić information content (AvgIpc) is 2.71. The predicted octanol–water partition coefficient (Wildman–Crippen LogP) is 3.69. The molecule has 5 nitrogen and oxygen atoms in total. The second-order valence-electron chi connectivity index (χ2n) is 5.45. The van der Waals surface area contributed by atoms with Gasteiger partial charge in [0.05, 0.1) is 5.71 Å². The summed E-state index contributed by atoms with van der Waals surface area (Å²) in [6.07, 6.45) is 1.91. The number of hydrazone groups is 1. The maximum absolute atomic E-state index is 12.2. The van der Waals surface area contributed by atoms with E-state index in [0.717, 1.165) is 16.7 Å². The number of amides is 2. The van der Waals surface area contributed by atoms with E-state index in [-0.39, 0.29) is 6.03 Å². The van der Waals surface area contributed by atoms with Crippen LogP contribution in [0.2, 0.25) is 5.02 Å². The Morgan fingerprint density at radius 2 is 1.92 bits per heavy atom. The third-order valence-electron chi connectivity index (χ3n) is 3.76. The van der Waals surface area contributed by atoms with Crippen molar-refractivity contribution in [3.8, 4) is 0 Å². The summed E-state index contributed by atoms with van der Waals surface area (Å²) in [6.45, 7) is 1.84. The van der Waals surface area contributed by atoms with E-state index >= 15 is 0 Å². The number of urea groups is 1. The van der Waals surface area contributed by atoms with Gasteiger partial charge in [-0.25, -0.2) is 4.79 Å². The van der Waals surface area contributed by atoms with Gasteiger partial charge in [0.25, 0.3) is 0 Å². The molecule has 0 radical (unpaired) electrons. The van der Waals surface area contributed by atoms with Crippen molar-refractivity contribution < 1.29 is 4.79 Å². The first-order valence-corrected chi connectivity index (χ1v) is 7.82. The van der Waals surface area contributed by atoms with Gasteiger partial charge in [-0.05, 0) is 42.8 Å². The van der Waals surface area contributed by atoms with Crippen LogP contribution in [-0.2, 0) is 0 Å². The Bertz CT molecular complexity index is 856. The highest BCUT2D eigenvalue weighted by molar-refractivity contribution is 6.31. The van der Waals surface area contributed by atoms with Crippen LogP contribution in [0.15, 0.2) is 53.3 Å². The standard InChI is InChI=1S/C18H17ClN4O/c1-11-9-13-3-6-14(19)10-16(13)17(22-23(11)18(24)21-2)12-4-7-15(20)8-5-12/h3-10H,20H2,1-2H3,(H,21,24). The van der Waals surface area contributed by atoms with Gasteiger partial charge >= 0.3 is 6.03 Å². The third kappa shape index (κ3) is 2.98. The molecule has 6 heteroatoms. The fourth-order valence-electron chi connectivity index (χ4n) is 2.54. The van der Waals surface area contributed by atoms with E-state index in [9.17, 15) is 4.79 Å². The number of nitrogens with zero attached hydrogens (tertiary/aromatic N) is 2. The molecule has 0 saturated heterocycles. The summed E-state index contributed by atoms with van der Waals surface area (Å²) in [5, 5.41) is 9.14. The van der Waals surface area contributed by atoms with Crippen LogP contribution in [0.1, 0.15) is 23.6 Å². The number of rotatable bonds is 1. The lowest BCUT2D eigenvalue weighted by molar-refractivity contribution is 0.215. The summed E-state index contributed by atoms with van der Waals surface area (Å²) >= 11 is 6.18. The van der Waals surface area contributed by atoms with Crippen LogP contribution in [0, 0.1) is 0 Å². The summed E-state index contributed by atoms with van der Waals surface area (Å²) in [5.74, 6) is 0. The molecular weight excluding hydrogens is 324 g/mol. The van der Waals surface area contributed by atoms with E-state index in [1.165, 1.54) is 5.01 Å². The molecule has 0 saturated carbocycles. The first kappa shape index (κ1) is 16.1. The molecule has 0 bridgehead atoms. The highest BCUT2D eigenvalue weighted by Gasteiger charge is 2.22. The molecule has 1 aliphatic rings.